The first-order valence-electron chi connectivity index (χ1n) is 10.6. The fourth-order valence-corrected chi connectivity index (χ4v) is 4.30. The zero-order valence-electron chi connectivity index (χ0n) is 18.6. The maximum atomic E-state index is 12.8. The summed E-state index contributed by atoms with van der Waals surface area (Å²) in [5.74, 6) is 1.49. The fraction of sp³-hybridized carbons (Fsp3) is 0.360. The number of carbonyl (C=O) groups excluding carboxylic acids is 2. The Kier molecular flexibility index (Phi) is 6.46. The number of carbonyl (C=O) groups is 2. The molecule has 168 valence electrons. The van der Waals surface area contributed by atoms with Gasteiger partial charge in [-0.1, -0.05) is 18.2 Å². The molecule has 2 aromatic carbocycles. The highest BCUT2D eigenvalue weighted by Crippen LogP contribution is 2.33. The number of likely N-dealkylation sites (tertiary alicyclic amines) is 1. The summed E-state index contributed by atoms with van der Waals surface area (Å²) < 4.78 is 15.9. The first kappa shape index (κ1) is 21.9. The molecule has 0 bridgehead atoms. The van der Waals surface area contributed by atoms with Gasteiger partial charge in [0.1, 0.15) is 11.5 Å². The van der Waals surface area contributed by atoms with E-state index in [4.69, 9.17) is 14.2 Å². The quantitative estimate of drug-likeness (QED) is 0.493. The number of ether oxygens (including phenoxy) is 3. The molecule has 0 aromatic heterocycles. The summed E-state index contributed by atoms with van der Waals surface area (Å²) in [6.45, 7) is 1.63. The molecule has 0 aliphatic carbocycles. The van der Waals surface area contributed by atoms with Gasteiger partial charge in [0.15, 0.2) is 6.10 Å². The zero-order chi connectivity index (χ0) is 22.7. The Morgan fingerprint density at radius 2 is 1.59 bits per heavy atom. The molecular weight excluding hydrogens is 408 g/mol. The molecule has 0 N–H and O–H groups in total. The van der Waals surface area contributed by atoms with Crippen LogP contribution >= 0.6 is 0 Å². The Bertz CT molecular complexity index is 1000. The molecule has 0 spiro atoms. The summed E-state index contributed by atoms with van der Waals surface area (Å²) in [6, 6.07) is 14.8. The van der Waals surface area contributed by atoms with E-state index in [-0.39, 0.29) is 17.9 Å². The summed E-state index contributed by atoms with van der Waals surface area (Å²) in [5.41, 5.74) is 2.81. The first-order chi connectivity index (χ1) is 15.5. The monoisotopic (exact) mass is 436 g/mol. The molecule has 0 saturated carbocycles. The summed E-state index contributed by atoms with van der Waals surface area (Å²) >= 11 is 0. The van der Waals surface area contributed by atoms with Crippen molar-refractivity contribution in [1.82, 2.24) is 9.80 Å². The molecule has 2 aromatic rings. The summed E-state index contributed by atoms with van der Waals surface area (Å²) in [4.78, 5) is 29.2. The van der Waals surface area contributed by atoms with Crippen molar-refractivity contribution in [1.29, 1.82) is 0 Å². The van der Waals surface area contributed by atoms with E-state index in [0.717, 1.165) is 22.6 Å². The van der Waals surface area contributed by atoms with Gasteiger partial charge in [-0.25, -0.2) is 0 Å². The predicted octanol–water partition coefficient (Wildman–Crippen LogP) is 2.90. The van der Waals surface area contributed by atoms with Gasteiger partial charge in [0, 0.05) is 32.3 Å². The van der Waals surface area contributed by atoms with Crippen LogP contribution < -0.4 is 9.47 Å². The van der Waals surface area contributed by atoms with Gasteiger partial charge in [-0.2, -0.15) is 0 Å². The van der Waals surface area contributed by atoms with E-state index in [9.17, 15) is 9.59 Å². The largest absolute Gasteiger partial charge is 0.497 e. The topological polar surface area (TPSA) is 68.3 Å². The number of methoxy groups -OCH3 is 3. The van der Waals surface area contributed by atoms with Crippen molar-refractivity contribution in [3.63, 3.8) is 0 Å². The lowest BCUT2D eigenvalue weighted by Crippen LogP contribution is -2.66. The van der Waals surface area contributed by atoms with Crippen LogP contribution in [0.15, 0.2) is 60.2 Å². The minimum Gasteiger partial charge on any atom is -0.497 e. The van der Waals surface area contributed by atoms with Crippen LogP contribution in [-0.4, -0.2) is 68.2 Å². The molecule has 2 amide bonds. The lowest BCUT2D eigenvalue weighted by Gasteiger charge is -2.48. The Hall–Kier alpha value is -3.32. The van der Waals surface area contributed by atoms with Crippen molar-refractivity contribution in [2.24, 2.45) is 0 Å². The first-order valence-corrected chi connectivity index (χ1v) is 10.6. The Labute approximate surface area is 188 Å². The Balaban J connectivity index is 1.44. The molecular formula is C25H28N2O5. The van der Waals surface area contributed by atoms with Crippen LogP contribution in [0.2, 0.25) is 0 Å². The molecule has 2 heterocycles. The highest BCUT2D eigenvalue weighted by Gasteiger charge is 2.49. The molecule has 2 atom stereocenters. The minimum atomic E-state index is -0.469. The third-order valence-electron chi connectivity index (χ3n) is 6.16. The standard InChI is InChI=1S/C25H28N2O5/c1-30-20-8-4-17(5-9-20)16-27-22(23(32-3)25(27)29)18-12-14-26(15-13-18)24(28)19-6-10-21(31-2)11-7-19/h4-12,22-23H,13-16H2,1-3H3/t22-,23+/m0/s1. The third-order valence-corrected chi connectivity index (χ3v) is 6.16. The fourth-order valence-electron chi connectivity index (χ4n) is 4.30. The number of hydrogen-bond acceptors (Lipinski definition) is 5. The number of hydrogen-bond donors (Lipinski definition) is 0. The van der Waals surface area contributed by atoms with E-state index >= 15 is 0 Å². The van der Waals surface area contributed by atoms with E-state index in [0.29, 0.717) is 31.6 Å². The minimum absolute atomic E-state index is 0.00832. The van der Waals surface area contributed by atoms with E-state index in [1.54, 1.807) is 45.6 Å². The summed E-state index contributed by atoms with van der Waals surface area (Å²) in [5, 5.41) is 0. The summed E-state index contributed by atoms with van der Waals surface area (Å²) in [6.07, 6.45) is 2.30. The average molecular weight is 437 g/mol. The van der Waals surface area contributed by atoms with E-state index < -0.39 is 6.10 Å². The van der Waals surface area contributed by atoms with Crippen LogP contribution in [0.5, 0.6) is 11.5 Å². The second-order valence-corrected chi connectivity index (χ2v) is 7.92. The number of rotatable bonds is 7. The van der Waals surface area contributed by atoms with Gasteiger partial charge >= 0.3 is 0 Å². The SMILES string of the molecule is COc1ccc(CN2C(=O)[C@H](OC)[C@@H]2C2=CCN(C(=O)c3ccc(OC)cc3)CC2)cc1. The van der Waals surface area contributed by atoms with Gasteiger partial charge in [-0.3, -0.25) is 9.59 Å². The maximum absolute atomic E-state index is 12.8. The van der Waals surface area contributed by atoms with Gasteiger partial charge in [-0.15, -0.1) is 0 Å². The predicted molar refractivity (Wildman–Crippen MR) is 120 cm³/mol. The van der Waals surface area contributed by atoms with Crippen molar-refractivity contribution < 1.29 is 23.8 Å². The molecule has 0 unspecified atom stereocenters. The maximum Gasteiger partial charge on any atom is 0.255 e. The van der Waals surface area contributed by atoms with Gasteiger partial charge in [0.25, 0.3) is 11.8 Å². The van der Waals surface area contributed by atoms with Gasteiger partial charge < -0.3 is 24.0 Å². The van der Waals surface area contributed by atoms with Crippen LogP contribution in [0, 0.1) is 0 Å². The number of benzene rings is 2. The Morgan fingerprint density at radius 1 is 0.969 bits per heavy atom. The second-order valence-electron chi connectivity index (χ2n) is 7.92. The van der Waals surface area contributed by atoms with Gasteiger partial charge in [-0.05, 0) is 54.0 Å². The number of β-lactam (4-membered cyclic amide) rings is 1. The normalized spacial score (nSPS) is 20.5. The lowest BCUT2D eigenvalue weighted by atomic mass is 9.86. The lowest BCUT2D eigenvalue weighted by molar-refractivity contribution is -0.168. The highest BCUT2D eigenvalue weighted by atomic mass is 16.5. The van der Waals surface area contributed by atoms with Crippen molar-refractivity contribution in [2.45, 2.75) is 25.1 Å². The van der Waals surface area contributed by atoms with Crippen LogP contribution in [0.1, 0.15) is 22.3 Å². The zero-order valence-corrected chi connectivity index (χ0v) is 18.6. The molecule has 7 nitrogen and oxygen atoms in total. The molecule has 7 heteroatoms. The molecule has 0 radical (unpaired) electrons. The van der Waals surface area contributed by atoms with Crippen LogP contribution in [-0.2, 0) is 16.1 Å². The van der Waals surface area contributed by atoms with Crippen LogP contribution in [0.25, 0.3) is 0 Å². The molecule has 2 aliphatic heterocycles. The van der Waals surface area contributed by atoms with Crippen molar-refractivity contribution in [3.8, 4) is 11.5 Å². The second kappa shape index (κ2) is 9.44. The smallest absolute Gasteiger partial charge is 0.255 e. The van der Waals surface area contributed by atoms with Crippen LogP contribution in [0.4, 0.5) is 0 Å². The summed E-state index contributed by atoms with van der Waals surface area (Å²) in [7, 11) is 4.80. The molecule has 1 fully saturated rings. The van der Waals surface area contributed by atoms with E-state index in [1.165, 1.54) is 0 Å². The van der Waals surface area contributed by atoms with Crippen LogP contribution in [0.3, 0.4) is 0 Å². The van der Waals surface area contributed by atoms with Crippen molar-refractivity contribution >= 4 is 11.8 Å². The highest BCUT2D eigenvalue weighted by molar-refractivity contribution is 5.94. The third kappa shape index (κ3) is 4.21. The van der Waals surface area contributed by atoms with Crippen molar-refractivity contribution in [2.75, 3.05) is 34.4 Å². The van der Waals surface area contributed by atoms with Crippen molar-refractivity contribution in [3.05, 3.63) is 71.3 Å². The average Bonchev–Trinajstić information content (AvgIpc) is 2.85. The van der Waals surface area contributed by atoms with E-state index in [1.807, 2.05) is 34.1 Å². The molecule has 1 saturated heterocycles. The molecule has 4 rings (SSSR count). The van der Waals surface area contributed by atoms with E-state index in [2.05, 4.69) is 6.08 Å². The Morgan fingerprint density at radius 3 is 2.12 bits per heavy atom. The molecule has 32 heavy (non-hydrogen) atoms. The number of amides is 2. The molecule has 2 aliphatic rings. The van der Waals surface area contributed by atoms with Gasteiger partial charge in [0.2, 0.25) is 0 Å². The number of nitrogens with zero attached hydrogens (tertiary/aromatic N) is 2. The van der Waals surface area contributed by atoms with Gasteiger partial charge in [0.05, 0.1) is 20.3 Å².